The van der Waals surface area contributed by atoms with E-state index in [1.807, 2.05) is 4.72 Å². The average molecular weight is 520 g/mol. The second kappa shape index (κ2) is 9.05. The minimum atomic E-state index is -4.17. The van der Waals surface area contributed by atoms with Gasteiger partial charge < -0.3 is 0 Å². The SMILES string of the molecule is O=C(NS(=O)(=O)c1ccc(NS(=O)(=O)c2cc(Cl)c(Cl)cc2Cl)cc1)c1ccccc1. The van der Waals surface area contributed by atoms with Gasteiger partial charge in [0.15, 0.2) is 0 Å². The quantitative estimate of drug-likeness (QED) is 0.464. The molecule has 0 unspecified atom stereocenters. The van der Waals surface area contributed by atoms with Gasteiger partial charge in [0, 0.05) is 11.3 Å². The van der Waals surface area contributed by atoms with E-state index in [4.69, 9.17) is 34.8 Å². The number of rotatable bonds is 6. The Morgan fingerprint density at radius 2 is 1.29 bits per heavy atom. The average Bonchev–Trinajstić information content (AvgIpc) is 2.71. The van der Waals surface area contributed by atoms with Crippen molar-refractivity contribution in [3.8, 4) is 0 Å². The lowest BCUT2D eigenvalue weighted by Gasteiger charge is -2.11. The molecule has 2 N–H and O–H groups in total. The summed E-state index contributed by atoms with van der Waals surface area (Å²) in [7, 11) is -8.30. The molecule has 3 aromatic carbocycles. The van der Waals surface area contributed by atoms with Crippen LogP contribution in [0, 0.1) is 0 Å². The Kier molecular flexibility index (Phi) is 6.82. The Balaban J connectivity index is 1.80. The molecule has 0 heterocycles. The third-order valence-electron chi connectivity index (χ3n) is 3.94. The van der Waals surface area contributed by atoms with Crippen molar-refractivity contribution in [3.05, 3.63) is 87.4 Å². The molecule has 0 fully saturated rings. The molecule has 0 aliphatic heterocycles. The van der Waals surface area contributed by atoms with E-state index in [1.165, 1.54) is 30.3 Å². The third kappa shape index (κ3) is 5.50. The smallest absolute Gasteiger partial charge is 0.264 e. The summed E-state index contributed by atoms with van der Waals surface area (Å²) < 4.78 is 54.3. The molecular weight excluding hydrogens is 507 g/mol. The fourth-order valence-electron chi connectivity index (χ4n) is 2.45. The zero-order valence-corrected chi connectivity index (χ0v) is 19.2. The number of halogens is 3. The van der Waals surface area contributed by atoms with E-state index in [-0.39, 0.29) is 36.1 Å². The second-order valence-corrected chi connectivity index (χ2v) is 10.7. The number of amides is 1. The molecule has 162 valence electrons. The molecule has 7 nitrogen and oxygen atoms in total. The maximum Gasteiger partial charge on any atom is 0.264 e. The summed E-state index contributed by atoms with van der Waals surface area (Å²) in [6.45, 7) is 0. The van der Waals surface area contributed by atoms with Gasteiger partial charge in [0.1, 0.15) is 4.90 Å². The topological polar surface area (TPSA) is 109 Å². The number of carbonyl (C=O) groups excluding carboxylic acids is 1. The minimum absolute atomic E-state index is 0.00189. The van der Waals surface area contributed by atoms with Gasteiger partial charge in [0.05, 0.1) is 20.0 Å². The molecule has 3 rings (SSSR count). The van der Waals surface area contributed by atoms with Crippen molar-refractivity contribution in [3.63, 3.8) is 0 Å². The zero-order valence-electron chi connectivity index (χ0n) is 15.3. The number of benzene rings is 3. The van der Waals surface area contributed by atoms with Gasteiger partial charge >= 0.3 is 0 Å². The fourth-order valence-corrected chi connectivity index (χ4v) is 5.49. The molecule has 0 saturated heterocycles. The maximum atomic E-state index is 12.6. The van der Waals surface area contributed by atoms with Crippen LogP contribution in [0.25, 0.3) is 0 Å². The number of sulfonamides is 2. The van der Waals surface area contributed by atoms with Crippen molar-refractivity contribution < 1.29 is 21.6 Å². The van der Waals surface area contributed by atoms with Gasteiger partial charge in [0.25, 0.3) is 26.0 Å². The number of anilines is 1. The van der Waals surface area contributed by atoms with E-state index < -0.39 is 26.0 Å². The largest absolute Gasteiger partial charge is 0.280 e. The van der Waals surface area contributed by atoms with Crippen LogP contribution in [0.5, 0.6) is 0 Å². The highest BCUT2D eigenvalue weighted by Gasteiger charge is 2.22. The number of hydrogen-bond donors (Lipinski definition) is 2. The second-order valence-electron chi connectivity index (χ2n) is 6.13. The Hall–Kier alpha value is -2.30. The first kappa shape index (κ1) is 23.4. The van der Waals surface area contributed by atoms with Crippen LogP contribution in [-0.2, 0) is 20.0 Å². The lowest BCUT2D eigenvalue weighted by molar-refractivity contribution is 0.0981. The fraction of sp³-hybridized carbons (Fsp3) is 0. The van der Waals surface area contributed by atoms with Crippen LogP contribution >= 0.6 is 34.8 Å². The predicted molar refractivity (Wildman–Crippen MR) is 120 cm³/mol. The molecule has 0 spiro atoms. The molecule has 1 amide bonds. The van der Waals surface area contributed by atoms with E-state index in [1.54, 1.807) is 18.2 Å². The highest BCUT2D eigenvalue weighted by atomic mass is 35.5. The summed E-state index contributed by atoms with van der Waals surface area (Å²) in [5.74, 6) is -0.792. The van der Waals surface area contributed by atoms with E-state index in [0.29, 0.717) is 0 Å². The minimum Gasteiger partial charge on any atom is -0.280 e. The van der Waals surface area contributed by atoms with Crippen LogP contribution in [0.3, 0.4) is 0 Å². The van der Waals surface area contributed by atoms with Crippen LogP contribution in [-0.4, -0.2) is 22.7 Å². The molecule has 3 aromatic rings. The predicted octanol–water partition coefficient (Wildman–Crippen LogP) is 4.57. The van der Waals surface area contributed by atoms with Crippen LogP contribution in [0.1, 0.15) is 10.4 Å². The summed E-state index contributed by atoms with van der Waals surface area (Å²) in [4.78, 5) is 11.6. The van der Waals surface area contributed by atoms with Crippen molar-refractivity contribution in [1.29, 1.82) is 0 Å². The highest BCUT2D eigenvalue weighted by molar-refractivity contribution is 7.92. The molecular formula is C19H13Cl3N2O5S2. The Morgan fingerprint density at radius 1 is 0.710 bits per heavy atom. The van der Waals surface area contributed by atoms with Crippen LogP contribution in [0.15, 0.2) is 76.5 Å². The van der Waals surface area contributed by atoms with Crippen molar-refractivity contribution >= 4 is 66.4 Å². The first-order valence-corrected chi connectivity index (χ1v) is 12.5. The first-order valence-electron chi connectivity index (χ1n) is 8.39. The molecule has 0 aliphatic carbocycles. The van der Waals surface area contributed by atoms with E-state index in [9.17, 15) is 21.6 Å². The van der Waals surface area contributed by atoms with Crippen molar-refractivity contribution in [2.45, 2.75) is 9.79 Å². The van der Waals surface area contributed by atoms with Crippen LogP contribution < -0.4 is 9.44 Å². The van der Waals surface area contributed by atoms with E-state index in [2.05, 4.69) is 4.72 Å². The normalized spacial score (nSPS) is 11.7. The lowest BCUT2D eigenvalue weighted by Crippen LogP contribution is -2.30. The number of carbonyl (C=O) groups is 1. The summed E-state index contributed by atoms with van der Waals surface area (Å²) in [6, 6.07) is 14.9. The molecule has 0 aromatic heterocycles. The van der Waals surface area contributed by atoms with Crippen molar-refractivity contribution in [2.24, 2.45) is 0 Å². The Labute approximate surface area is 194 Å². The molecule has 0 aliphatic rings. The van der Waals surface area contributed by atoms with E-state index in [0.717, 1.165) is 18.2 Å². The molecule has 0 atom stereocenters. The third-order valence-corrected chi connectivity index (χ3v) is 7.86. The van der Waals surface area contributed by atoms with Gasteiger partial charge in [-0.2, -0.15) is 0 Å². The van der Waals surface area contributed by atoms with Gasteiger partial charge in [-0.3, -0.25) is 9.52 Å². The number of hydrogen-bond acceptors (Lipinski definition) is 5. The molecule has 0 radical (unpaired) electrons. The van der Waals surface area contributed by atoms with Crippen LogP contribution in [0.4, 0.5) is 5.69 Å². The van der Waals surface area contributed by atoms with Gasteiger partial charge in [-0.25, -0.2) is 21.6 Å². The van der Waals surface area contributed by atoms with Gasteiger partial charge in [-0.15, -0.1) is 0 Å². The van der Waals surface area contributed by atoms with Crippen molar-refractivity contribution in [1.82, 2.24) is 4.72 Å². The van der Waals surface area contributed by atoms with Gasteiger partial charge in [0.2, 0.25) is 0 Å². The summed E-state index contributed by atoms with van der Waals surface area (Å²) in [5, 5.41) is -0.0375. The van der Waals surface area contributed by atoms with Gasteiger partial charge in [-0.1, -0.05) is 53.0 Å². The summed E-state index contributed by atoms with van der Waals surface area (Å²) in [5.41, 5.74) is 0.240. The molecule has 12 heteroatoms. The van der Waals surface area contributed by atoms with Crippen molar-refractivity contribution in [2.75, 3.05) is 4.72 Å². The zero-order chi connectivity index (χ0) is 22.8. The van der Waals surface area contributed by atoms with Gasteiger partial charge in [-0.05, 0) is 48.5 Å². The summed E-state index contributed by atoms with van der Waals surface area (Å²) >= 11 is 17.6. The number of nitrogens with one attached hydrogen (secondary N) is 2. The monoisotopic (exact) mass is 518 g/mol. The summed E-state index contributed by atoms with van der Waals surface area (Å²) in [6.07, 6.45) is 0. The highest BCUT2D eigenvalue weighted by Crippen LogP contribution is 2.32. The lowest BCUT2D eigenvalue weighted by atomic mass is 10.2. The Morgan fingerprint density at radius 3 is 1.90 bits per heavy atom. The molecule has 0 bridgehead atoms. The first-order chi connectivity index (χ1) is 14.5. The molecule has 31 heavy (non-hydrogen) atoms. The maximum absolute atomic E-state index is 12.6. The molecule has 0 saturated carbocycles. The Bertz CT molecular complexity index is 1350. The van der Waals surface area contributed by atoms with E-state index >= 15 is 0 Å². The standard InChI is InChI=1S/C19H13Cl3N2O5S2/c20-15-10-17(22)18(11-16(15)21)31(28,29)23-13-6-8-14(9-7-13)30(26,27)24-19(25)12-4-2-1-3-5-12/h1-11,23H,(H,24,25). The van der Waals surface area contributed by atoms with Crippen LogP contribution in [0.2, 0.25) is 15.1 Å².